The van der Waals surface area contributed by atoms with Gasteiger partial charge in [0.05, 0.1) is 17.4 Å². The molecule has 0 saturated carbocycles. The fourth-order valence-electron chi connectivity index (χ4n) is 3.96. The van der Waals surface area contributed by atoms with Crippen LogP contribution in [0, 0.1) is 26.6 Å². The van der Waals surface area contributed by atoms with E-state index in [9.17, 15) is 9.50 Å². The molecule has 2 unspecified atom stereocenters. The lowest BCUT2D eigenvalue weighted by Gasteiger charge is -2.30. The van der Waals surface area contributed by atoms with Gasteiger partial charge in [-0.1, -0.05) is 23.8 Å². The Bertz CT molecular complexity index is 1220. The van der Waals surface area contributed by atoms with E-state index in [4.69, 9.17) is 0 Å². The molecule has 0 bridgehead atoms. The van der Waals surface area contributed by atoms with Crippen LogP contribution in [0.1, 0.15) is 29.2 Å². The molecule has 0 spiro atoms. The Balaban J connectivity index is 1.65. The number of nitrogens with zero attached hydrogens (tertiary/aromatic N) is 2. The maximum Gasteiger partial charge on any atom is 0.203 e. The van der Waals surface area contributed by atoms with Crippen LogP contribution in [0.4, 0.5) is 14.5 Å². The summed E-state index contributed by atoms with van der Waals surface area (Å²) in [6, 6.07) is 15.2. The van der Waals surface area contributed by atoms with Gasteiger partial charge in [0, 0.05) is 11.1 Å². The van der Waals surface area contributed by atoms with E-state index in [1.165, 1.54) is 19.1 Å². The highest BCUT2D eigenvalue weighted by Gasteiger charge is 2.35. The predicted octanol–water partition coefficient (Wildman–Crippen LogP) is 5.71. The molecule has 6 heteroatoms. The molecule has 2 N–H and O–H groups in total. The third-order valence-corrected chi connectivity index (χ3v) is 5.67. The van der Waals surface area contributed by atoms with Crippen molar-refractivity contribution in [1.82, 2.24) is 9.78 Å². The Kier molecular flexibility index (Phi) is 5.27. The topological polar surface area (TPSA) is 50.1 Å². The quantitative estimate of drug-likeness (QED) is 0.406. The molecule has 1 aromatic heterocycles. The van der Waals surface area contributed by atoms with E-state index < -0.39 is 11.9 Å². The maximum atomic E-state index is 15.3. The summed E-state index contributed by atoms with van der Waals surface area (Å²) in [5, 5.41) is 19.0. The number of halogens is 2. The number of aromatic nitrogens is 2. The second kappa shape index (κ2) is 7.78. The number of fused-ring (bicyclic) bond motifs is 1. The summed E-state index contributed by atoms with van der Waals surface area (Å²) in [4.78, 5) is 0. The Hall–Kier alpha value is -3.25. The van der Waals surface area contributed by atoms with Crippen LogP contribution in [0.5, 0.6) is 0 Å². The molecule has 31 heavy (non-hydrogen) atoms. The van der Waals surface area contributed by atoms with Gasteiger partial charge in [-0.25, -0.2) is 13.5 Å². The fourth-order valence-corrected chi connectivity index (χ4v) is 3.96. The number of hydrogen-bond donors (Lipinski definition) is 2. The molecule has 0 aliphatic carbocycles. The number of hydrogen-bond acceptors (Lipinski definition) is 3. The van der Waals surface area contributed by atoms with E-state index in [-0.39, 0.29) is 5.82 Å². The lowest BCUT2D eigenvalue weighted by Crippen LogP contribution is -2.39. The van der Waals surface area contributed by atoms with Crippen LogP contribution in [-0.2, 0) is 5.60 Å². The van der Waals surface area contributed by atoms with E-state index in [0.29, 0.717) is 16.9 Å². The SMILES string of the molecule is Cc1cc(C)c(NC(F)C(C)(O)c2ccc3c(cnn3-c3ccc(F)cc3)c2)c(C)c1. The van der Waals surface area contributed by atoms with Crippen LogP contribution in [0.15, 0.2) is 60.8 Å². The number of rotatable bonds is 5. The smallest absolute Gasteiger partial charge is 0.203 e. The monoisotopic (exact) mass is 421 g/mol. The summed E-state index contributed by atoms with van der Waals surface area (Å²) in [7, 11) is 0. The summed E-state index contributed by atoms with van der Waals surface area (Å²) < 4.78 is 30.2. The fraction of sp³-hybridized carbons (Fsp3) is 0.240. The van der Waals surface area contributed by atoms with E-state index in [1.807, 2.05) is 32.9 Å². The van der Waals surface area contributed by atoms with Crippen LogP contribution >= 0.6 is 0 Å². The van der Waals surface area contributed by atoms with Crippen molar-refractivity contribution < 1.29 is 13.9 Å². The highest BCUT2D eigenvalue weighted by Crippen LogP contribution is 2.33. The Morgan fingerprint density at radius 1 is 1.00 bits per heavy atom. The van der Waals surface area contributed by atoms with E-state index in [2.05, 4.69) is 10.4 Å². The molecule has 4 nitrogen and oxygen atoms in total. The van der Waals surface area contributed by atoms with Crippen molar-refractivity contribution in [3.63, 3.8) is 0 Å². The van der Waals surface area contributed by atoms with E-state index >= 15 is 4.39 Å². The Morgan fingerprint density at radius 3 is 2.29 bits per heavy atom. The van der Waals surface area contributed by atoms with Crippen molar-refractivity contribution in [3.8, 4) is 5.69 Å². The average Bonchev–Trinajstić information content (AvgIpc) is 3.14. The lowest BCUT2D eigenvalue weighted by atomic mass is 9.93. The molecule has 0 amide bonds. The number of aliphatic hydroxyl groups is 1. The molecule has 0 fully saturated rings. The van der Waals surface area contributed by atoms with Crippen LogP contribution in [0.2, 0.25) is 0 Å². The first kappa shape index (κ1) is 21.0. The zero-order valence-electron chi connectivity index (χ0n) is 17.9. The first-order valence-corrected chi connectivity index (χ1v) is 10.1. The number of aryl methyl sites for hydroxylation is 3. The summed E-state index contributed by atoms with van der Waals surface area (Å²) in [6.07, 6.45) is -0.0788. The number of benzene rings is 3. The zero-order valence-corrected chi connectivity index (χ0v) is 17.9. The first-order chi connectivity index (χ1) is 14.7. The molecule has 2 atom stereocenters. The number of alkyl halides is 1. The van der Waals surface area contributed by atoms with Gasteiger partial charge in [-0.2, -0.15) is 5.10 Å². The standard InChI is InChI=1S/C25H25F2N3O/c1-15-11-16(2)23(17(3)12-15)29-24(27)25(4,31)19-5-10-22-18(13-19)14-28-30(22)21-8-6-20(26)7-9-21/h5-14,24,29,31H,1-4H3. The normalized spacial score (nSPS) is 14.4. The highest BCUT2D eigenvalue weighted by molar-refractivity contribution is 5.81. The van der Waals surface area contributed by atoms with Crippen molar-refractivity contribution in [2.75, 3.05) is 5.32 Å². The van der Waals surface area contributed by atoms with Gasteiger partial charge in [-0.3, -0.25) is 0 Å². The maximum absolute atomic E-state index is 15.3. The number of nitrogens with one attached hydrogen (secondary N) is 1. The van der Waals surface area contributed by atoms with Gasteiger partial charge in [-0.05, 0) is 80.8 Å². The molecule has 0 radical (unpaired) electrons. The largest absolute Gasteiger partial charge is 0.380 e. The van der Waals surface area contributed by atoms with Gasteiger partial charge in [0.25, 0.3) is 0 Å². The molecule has 160 valence electrons. The average molecular weight is 421 g/mol. The van der Waals surface area contributed by atoms with Gasteiger partial charge in [0.1, 0.15) is 11.4 Å². The molecular formula is C25H25F2N3O. The minimum Gasteiger partial charge on any atom is -0.380 e. The zero-order chi connectivity index (χ0) is 22.3. The van der Waals surface area contributed by atoms with Crippen molar-refractivity contribution in [1.29, 1.82) is 0 Å². The second-order valence-corrected chi connectivity index (χ2v) is 8.23. The van der Waals surface area contributed by atoms with E-state index in [1.54, 1.807) is 41.2 Å². The van der Waals surface area contributed by atoms with Crippen molar-refractivity contribution >= 4 is 16.6 Å². The van der Waals surface area contributed by atoms with Crippen molar-refractivity contribution in [3.05, 3.63) is 88.9 Å². The third-order valence-electron chi connectivity index (χ3n) is 5.67. The summed E-state index contributed by atoms with van der Waals surface area (Å²) in [6.45, 7) is 7.28. The third kappa shape index (κ3) is 3.91. The lowest BCUT2D eigenvalue weighted by molar-refractivity contribution is -0.0117. The summed E-state index contributed by atoms with van der Waals surface area (Å²) in [5.41, 5.74) is 3.79. The Morgan fingerprint density at radius 2 is 1.65 bits per heavy atom. The van der Waals surface area contributed by atoms with Crippen LogP contribution in [-0.4, -0.2) is 21.2 Å². The summed E-state index contributed by atoms with van der Waals surface area (Å²) >= 11 is 0. The molecule has 1 heterocycles. The Labute approximate surface area is 180 Å². The first-order valence-electron chi connectivity index (χ1n) is 10.1. The molecule has 0 saturated heterocycles. The highest BCUT2D eigenvalue weighted by atomic mass is 19.1. The molecule has 3 aromatic carbocycles. The van der Waals surface area contributed by atoms with Gasteiger partial charge in [-0.15, -0.1) is 0 Å². The second-order valence-electron chi connectivity index (χ2n) is 8.23. The van der Waals surface area contributed by atoms with Crippen LogP contribution < -0.4 is 5.32 Å². The van der Waals surface area contributed by atoms with Gasteiger partial charge >= 0.3 is 0 Å². The minimum atomic E-state index is -1.77. The molecule has 0 aliphatic rings. The summed E-state index contributed by atoms with van der Waals surface area (Å²) in [5.74, 6) is -0.320. The van der Waals surface area contributed by atoms with Gasteiger partial charge in [0.15, 0.2) is 0 Å². The van der Waals surface area contributed by atoms with Crippen LogP contribution in [0.3, 0.4) is 0 Å². The molecular weight excluding hydrogens is 396 g/mol. The van der Waals surface area contributed by atoms with Crippen LogP contribution in [0.25, 0.3) is 16.6 Å². The molecule has 0 aliphatic heterocycles. The molecule has 4 rings (SSSR count). The van der Waals surface area contributed by atoms with Crippen molar-refractivity contribution in [2.24, 2.45) is 0 Å². The van der Waals surface area contributed by atoms with E-state index in [0.717, 1.165) is 27.6 Å². The van der Waals surface area contributed by atoms with Gasteiger partial charge < -0.3 is 10.4 Å². The van der Waals surface area contributed by atoms with Gasteiger partial charge in [0.2, 0.25) is 6.30 Å². The minimum absolute atomic E-state index is 0.320. The molecule has 4 aromatic rings. The predicted molar refractivity (Wildman–Crippen MR) is 120 cm³/mol. The number of anilines is 1. The van der Waals surface area contributed by atoms with Crippen molar-refractivity contribution in [2.45, 2.75) is 39.6 Å².